The molecule has 7 heteroatoms. The number of ether oxygens (including phenoxy) is 1. The molecule has 0 bridgehead atoms. The van der Waals surface area contributed by atoms with Crippen LogP contribution in [0, 0.1) is 5.82 Å². The molecule has 0 spiro atoms. The first-order valence-corrected chi connectivity index (χ1v) is 6.91. The Kier molecular flexibility index (Phi) is 3.94. The number of nitrogens with zero attached hydrogens (tertiary/aromatic N) is 2. The zero-order chi connectivity index (χ0) is 16.4. The molecule has 1 N–H and O–H groups in total. The van der Waals surface area contributed by atoms with Crippen LogP contribution < -0.4 is 4.74 Å². The summed E-state index contributed by atoms with van der Waals surface area (Å²) in [5.41, 5.74) is 2.04. The summed E-state index contributed by atoms with van der Waals surface area (Å²) in [4.78, 5) is 4.50. The molecule has 0 saturated carbocycles. The highest BCUT2D eigenvalue weighted by Gasteiger charge is 2.26. The number of benzene rings is 1. The van der Waals surface area contributed by atoms with Gasteiger partial charge in [0.15, 0.2) is 0 Å². The summed E-state index contributed by atoms with van der Waals surface area (Å²) in [6, 6.07) is 9.46. The Morgan fingerprint density at radius 2 is 2.04 bits per heavy atom. The second-order valence-corrected chi connectivity index (χ2v) is 5.11. The number of rotatable bonds is 4. The number of methoxy groups -OCH3 is 1. The quantitative estimate of drug-likeness (QED) is 0.751. The largest absolute Gasteiger partial charge is 0.494 e. The monoisotopic (exact) mass is 303 g/mol. The molecule has 0 unspecified atom stereocenters. The molecule has 4 nitrogen and oxygen atoms in total. The number of aromatic nitrogens is 3. The van der Waals surface area contributed by atoms with Crippen LogP contribution in [0.25, 0.3) is 11.3 Å². The molecular weight excluding hydrogens is 291 g/mol. The number of nitrogens with one attached hydrogen (secondary N) is 1. The average Bonchev–Trinajstić information content (AvgIpc) is 3.09. The zero-order valence-corrected chi connectivity index (χ0v) is 12.5. The second-order valence-electron chi connectivity index (χ2n) is 5.11. The molecule has 3 aromatic rings. The number of aromatic amines is 1. The van der Waals surface area contributed by atoms with Crippen molar-refractivity contribution in [3.63, 3.8) is 0 Å². The summed E-state index contributed by atoms with van der Waals surface area (Å²) < 4.78 is 18.8. The van der Waals surface area contributed by atoms with Crippen LogP contribution in [0.1, 0.15) is 11.3 Å². The number of hydrogen-bond donors (Lipinski definition) is 1. The van der Waals surface area contributed by atoms with Gasteiger partial charge < -0.3 is 4.74 Å². The van der Waals surface area contributed by atoms with E-state index in [2.05, 4.69) is 15.2 Å². The first kappa shape index (κ1) is 15.3. The highest BCUT2D eigenvalue weighted by Crippen LogP contribution is 2.32. The van der Waals surface area contributed by atoms with Gasteiger partial charge in [0.25, 0.3) is 0 Å². The van der Waals surface area contributed by atoms with Gasteiger partial charge in [-0.25, -0.2) is 9.37 Å². The van der Waals surface area contributed by atoms with E-state index in [0.29, 0.717) is 28.3 Å². The van der Waals surface area contributed by atoms with E-state index in [1.807, 2.05) is 0 Å². The van der Waals surface area contributed by atoms with Gasteiger partial charge in [-0.2, -0.15) is 5.10 Å². The minimum Gasteiger partial charge on any atom is -0.494 e. The Labute approximate surface area is 135 Å². The third-order valence-electron chi connectivity index (χ3n) is 3.58. The maximum atomic E-state index is 13.5. The van der Waals surface area contributed by atoms with Crippen molar-refractivity contribution in [3.05, 3.63) is 65.9 Å². The van der Waals surface area contributed by atoms with Crippen molar-refractivity contribution in [2.24, 2.45) is 0 Å². The van der Waals surface area contributed by atoms with E-state index < -0.39 is 5.21 Å². The number of pyridine rings is 1. The first-order chi connectivity index (χ1) is 11.0. The lowest BCUT2D eigenvalue weighted by Crippen LogP contribution is -2.29. The lowest BCUT2D eigenvalue weighted by atomic mass is 9.50. The SMILES string of the molecule is [B]C([B])(c1cn[nH]c1)c1ccc(OC)c(-c2cccc(F)c2)n1. The molecular formula is C16H12B2FN3O. The van der Waals surface area contributed by atoms with Gasteiger partial charge in [-0.1, -0.05) is 12.1 Å². The smallest absolute Gasteiger partial charge is 0.145 e. The summed E-state index contributed by atoms with van der Waals surface area (Å²) in [5.74, 6) is 0.140. The molecule has 23 heavy (non-hydrogen) atoms. The van der Waals surface area contributed by atoms with Crippen LogP contribution in [-0.4, -0.2) is 38.0 Å². The van der Waals surface area contributed by atoms with Gasteiger partial charge in [0.05, 0.1) is 29.0 Å². The van der Waals surface area contributed by atoms with Crippen molar-refractivity contribution >= 4 is 15.7 Å². The van der Waals surface area contributed by atoms with E-state index >= 15 is 0 Å². The fraction of sp³-hybridized carbons (Fsp3) is 0.125. The summed E-state index contributed by atoms with van der Waals surface area (Å²) in [7, 11) is 13.9. The van der Waals surface area contributed by atoms with Crippen LogP contribution in [0.3, 0.4) is 0 Å². The lowest BCUT2D eigenvalue weighted by molar-refractivity contribution is 0.414. The van der Waals surface area contributed by atoms with Gasteiger partial charge in [-0.15, -0.1) is 0 Å². The molecule has 0 aliphatic carbocycles. The molecule has 110 valence electrons. The zero-order valence-electron chi connectivity index (χ0n) is 12.5. The second kappa shape index (κ2) is 5.91. The van der Waals surface area contributed by atoms with E-state index in [4.69, 9.17) is 20.4 Å². The molecule has 2 heterocycles. The van der Waals surface area contributed by atoms with Crippen LogP contribution in [0.15, 0.2) is 48.8 Å². The number of H-pyrrole nitrogens is 1. The predicted octanol–water partition coefficient (Wildman–Crippen LogP) is 2.16. The van der Waals surface area contributed by atoms with E-state index in [-0.39, 0.29) is 5.82 Å². The lowest BCUT2D eigenvalue weighted by Gasteiger charge is -2.25. The first-order valence-electron chi connectivity index (χ1n) is 6.91. The average molecular weight is 303 g/mol. The van der Waals surface area contributed by atoms with Crippen LogP contribution in [0.4, 0.5) is 4.39 Å². The minimum absolute atomic E-state index is 0.363. The fourth-order valence-electron chi connectivity index (χ4n) is 2.31. The number of halogens is 1. The van der Waals surface area contributed by atoms with Crippen LogP contribution in [0.2, 0.25) is 0 Å². The van der Waals surface area contributed by atoms with Crippen LogP contribution >= 0.6 is 0 Å². The topological polar surface area (TPSA) is 50.8 Å². The van der Waals surface area contributed by atoms with Crippen molar-refractivity contribution in [1.82, 2.24) is 15.2 Å². The van der Waals surface area contributed by atoms with Crippen LogP contribution in [-0.2, 0) is 5.21 Å². The van der Waals surface area contributed by atoms with Crippen molar-refractivity contribution in [2.45, 2.75) is 5.21 Å². The molecule has 0 amide bonds. The normalized spacial score (nSPS) is 11.4. The highest BCUT2D eigenvalue weighted by molar-refractivity contribution is 6.42. The summed E-state index contributed by atoms with van der Waals surface area (Å²) in [6.45, 7) is 0. The molecule has 1 aromatic carbocycles. The Balaban J connectivity index is 2.13. The summed E-state index contributed by atoms with van der Waals surface area (Å²) in [5, 5.41) is 5.19. The molecule has 0 saturated heterocycles. The van der Waals surface area contributed by atoms with Gasteiger partial charge in [0, 0.05) is 17.5 Å². The van der Waals surface area contributed by atoms with Gasteiger partial charge in [-0.3, -0.25) is 5.10 Å². The van der Waals surface area contributed by atoms with Crippen LogP contribution in [0.5, 0.6) is 5.75 Å². The summed E-state index contributed by atoms with van der Waals surface area (Å²) >= 11 is 0. The Bertz CT molecular complexity index is 822. The summed E-state index contributed by atoms with van der Waals surface area (Å²) in [6.07, 6.45) is 3.14. The Hall–Kier alpha value is -2.56. The van der Waals surface area contributed by atoms with E-state index in [1.165, 1.54) is 25.4 Å². The minimum atomic E-state index is -1.33. The maximum absolute atomic E-state index is 13.5. The van der Waals surface area contributed by atoms with E-state index in [0.717, 1.165) is 0 Å². The molecule has 2 aromatic heterocycles. The third kappa shape index (κ3) is 2.86. The maximum Gasteiger partial charge on any atom is 0.145 e. The highest BCUT2D eigenvalue weighted by atomic mass is 19.1. The Morgan fingerprint density at radius 3 is 2.70 bits per heavy atom. The predicted molar refractivity (Wildman–Crippen MR) is 87.1 cm³/mol. The molecule has 0 fully saturated rings. The number of hydrogen-bond acceptors (Lipinski definition) is 3. The third-order valence-corrected chi connectivity index (χ3v) is 3.58. The molecule has 0 atom stereocenters. The van der Waals surface area contributed by atoms with E-state index in [9.17, 15) is 4.39 Å². The fourth-order valence-corrected chi connectivity index (χ4v) is 2.31. The van der Waals surface area contributed by atoms with Crippen molar-refractivity contribution in [2.75, 3.05) is 7.11 Å². The molecule has 0 aliphatic rings. The Morgan fingerprint density at radius 1 is 1.22 bits per heavy atom. The molecule has 4 radical (unpaired) electrons. The molecule has 0 aliphatic heterocycles. The van der Waals surface area contributed by atoms with Crippen molar-refractivity contribution in [3.8, 4) is 17.0 Å². The van der Waals surface area contributed by atoms with Crippen molar-refractivity contribution < 1.29 is 9.13 Å². The standard InChI is InChI=1S/C16H12B2FN3O/c1-23-13-5-6-14(16(17,18)11-8-20-21-9-11)22-15(13)10-3-2-4-12(19)7-10/h2-9H,1H3,(H,20,21). The van der Waals surface area contributed by atoms with Gasteiger partial charge in [0.2, 0.25) is 0 Å². The van der Waals surface area contributed by atoms with E-state index in [1.54, 1.807) is 30.5 Å². The van der Waals surface area contributed by atoms with Gasteiger partial charge in [0.1, 0.15) is 17.3 Å². The molecule has 3 rings (SSSR count). The van der Waals surface area contributed by atoms with Crippen molar-refractivity contribution in [1.29, 1.82) is 0 Å². The van der Waals surface area contributed by atoms with Gasteiger partial charge >= 0.3 is 0 Å². The van der Waals surface area contributed by atoms with Gasteiger partial charge in [-0.05, 0) is 35.0 Å².